The van der Waals surface area contributed by atoms with Gasteiger partial charge in [0.05, 0.1) is 0 Å². The van der Waals surface area contributed by atoms with E-state index in [1.165, 1.54) is 0 Å². The number of nitrogens with zero attached hydrogens (tertiary/aromatic N) is 3. The Kier molecular flexibility index (Phi) is 3.17. The molecule has 0 atom stereocenters. The van der Waals surface area contributed by atoms with Crippen molar-refractivity contribution in [3.05, 3.63) is 24.3 Å². The van der Waals surface area contributed by atoms with Gasteiger partial charge in [0.25, 0.3) is 6.01 Å². The van der Waals surface area contributed by atoms with E-state index < -0.39 is 0 Å². The van der Waals surface area contributed by atoms with Gasteiger partial charge in [0.15, 0.2) is 5.58 Å². The molecule has 0 radical (unpaired) electrons. The van der Waals surface area contributed by atoms with Crippen LogP contribution in [0.15, 0.2) is 28.7 Å². The van der Waals surface area contributed by atoms with Gasteiger partial charge in [-0.3, -0.25) is 4.90 Å². The lowest BCUT2D eigenvalue weighted by Gasteiger charge is -2.33. The van der Waals surface area contributed by atoms with Crippen LogP contribution in [0, 0.1) is 0 Å². The van der Waals surface area contributed by atoms with E-state index in [0.717, 1.165) is 56.4 Å². The molecule has 0 bridgehead atoms. The van der Waals surface area contributed by atoms with Crippen molar-refractivity contribution < 1.29 is 4.42 Å². The first-order valence-corrected chi connectivity index (χ1v) is 6.40. The molecule has 1 aromatic carbocycles. The molecule has 0 amide bonds. The van der Waals surface area contributed by atoms with E-state index in [1.807, 2.05) is 24.3 Å². The summed E-state index contributed by atoms with van der Waals surface area (Å²) in [5.74, 6) is 0. The topological polar surface area (TPSA) is 58.5 Å². The van der Waals surface area contributed by atoms with Gasteiger partial charge >= 0.3 is 0 Å². The zero-order valence-corrected chi connectivity index (χ0v) is 10.4. The molecule has 3 rings (SSSR count). The number of oxazole rings is 1. The molecule has 1 aromatic heterocycles. The molecule has 1 saturated heterocycles. The first-order chi connectivity index (χ1) is 8.86. The van der Waals surface area contributed by atoms with Crippen molar-refractivity contribution in [2.75, 3.05) is 44.2 Å². The van der Waals surface area contributed by atoms with Crippen molar-refractivity contribution in [1.82, 2.24) is 9.88 Å². The molecule has 18 heavy (non-hydrogen) atoms. The standard InChI is InChI=1S/C13H18N4O/c14-5-6-16-7-9-17(10-8-16)13-15-11-3-1-2-4-12(11)18-13/h1-4H,5-10,14H2. The molecule has 2 N–H and O–H groups in total. The molecular formula is C13H18N4O. The fourth-order valence-corrected chi connectivity index (χ4v) is 2.34. The van der Waals surface area contributed by atoms with Crippen molar-refractivity contribution >= 4 is 17.1 Å². The molecule has 2 heterocycles. The highest BCUT2D eigenvalue weighted by molar-refractivity contribution is 5.74. The minimum Gasteiger partial charge on any atom is -0.423 e. The third-order valence-electron chi connectivity index (χ3n) is 3.37. The van der Waals surface area contributed by atoms with Crippen LogP contribution in [0.2, 0.25) is 0 Å². The average molecular weight is 246 g/mol. The van der Waals surface area contributed by atoms with Gasteiger partial charge in [-0.2, -0.15) is 4.98 Å². The summed E-state index contributed by atoms with van der Waals surface area (Å²) in [6.07, 6.45) is 0. The van der Waals surface area contributed by atoms with Crippen LogP contribution >= 0.6 is 0 Å². The van der Waals surface area contributed by atoms with E-state index in [1.54, 1.807) is 0 Å². The molecule has 0 saturated carbocycles. The maximum absolute atomic E-state index is 5.77. The van der Waals surface area contributed by atoms with Crippen molar-refractivity contribution in [3.63, 3.8) is 0 Å². The van der Waals surface area contributed by atoms with Gasteiger partial charge in [-0.15, -0.1) is 0 Å². The first-order valence-electron chi connectivity index (χ1n) is 6.40. The number of para-hydroxylation sites is 2. The van der Waals surface area contributed by atoms with Crippen LogP contribution in [0.5, 0.6) is 0 Å². The Morgan fingerprint density at radius 2 is 1.94 bits per heavy atom. The fourth-order valence-electron chi connectivity index (χ4n) is 2.34. The number of benzene rings is 1. The summed E-state index contributed by atoms with van der Waals surface area (Å²) in [7, 11) is 0. The zero-order valence-electron chi connectivity index (χ0n) is 10.4. The number of anilines is 1. The number of hydrogen-bond acceptors (Lipinski definition) is 5. The molecule has 5 nitrogen and oxygen atoms in total. The Morgan fingerprint density at radius 3 is 2.67 bits per heavy atom. The summed E-state index contributed by atoms with van der Waals surface area (Å²) in [6, 6.07) is 8.62. The number of piperazine rings is 1. The van der Waals surface area contributed by atoms with Crippen LogP contribution < -0.4 is 10.6 Å². The molecule has 0 unspecified atom stereocenters. The molecule has 1 aliphatic heterocycles. The largest absolute Gasteiger partial charge is 0.423 e. The average Bonchev–Trinajstić information content (AvgIpc) is 2.84. The minimum atomic E-state index is 0.725. The lowest BCUT2D eigenvalue weighted by atomic mass is 10.3. The minimum absolute atomic E-state index is 0.725. The molecule has 5 heteroatoms. The second-order valence-corrected chi connectivity index (χ2v) is 4.58. The monoisotopic (exact) mass is 246 g/mol. The summed E-state index contributed by atoms with van der Waals surface area (Å²) in [5, 5.41) is 0. The fraction of sp³-hybridized carbons (Fsp3) is 0.462. The predicted octanol–water partition coefficient (Wildman–Crippen LogP) is 0.908. The molecule has 96 valence electrons. The van der Waals surface area contributed by atoms with Crippen molar-refractivity contribution in [1.29, 1.82) is 0 Å². The summed E-state index contributed by atoms with van der Waals surface area (Å²) in [5.41, 5.74) is 7.36. The Morgan fingerprint density at radius 1 is 1.17 bits per heavy atom. The lowest BCUT2D eigenvalue weighted by Crippen LogP contribution is -2.47. The normalized spacial score (nSPS) is 17.5. The van der Waals surface area contributed by atoms with Crippen LogP contribution in [0.4, 0.5) is 6.01 Å². The highest BCUT2D eigenvalue weighted by Gasteiger charge is 2.20. The summed E-state index contributed by atoms with van der Waals surface area (Å²) >= 11 is 0. The number of aromatic nitrogens is 1. The van der Waals surface area contributed by atoms with Crippen molar-refractivity contribution in [2.45, 2.75) is 0 Å². The van der Waals surface area contributed by atoms with Gasteiger partial charge in [0.2, 0.25) is 0 Å². The zero-order chi connectivity index (χ0) is 12.4. The Hall–Kier alpha value is -1.59. The quantitative estimate of drug-likeness (QED) is 0.872. The number of rotatable bonds is 3. The van der Waals surface area contributed by atoms with Gasteiger partial charge in [0.1, 0.15) is 5.52 Å². The van der Waals surface area contributed by atoms with Crippen LogP contribution in [0.3, 0.4) is 0 Å². The van der Waals surface area contributed by atoms with E-state index >= 15 is 0 Å². The van der Waals surface area contributed by atoms with E-state index in [2.05, 4.69) is 14.8 Å². The molecular weight excluding hydrogens is 228 g/mol. The van der Waals surface area contributed by atoms with Crippen molar-refractivity contribution in [2.24, 2.45) is 5.73 Å². The number of nitrogens with two attached hydrogens (primary N) is 1. The van der Waals surface area contributed by atoms with Gasteiger partial charge in [-0.1, -0.05) is 12.1 Å². The van der Waals surface area contributed by atoms with E-state index in [-0.39, 0.29) is 0 Å². The Labute approximate surface area is 106 Å². The predicted molar refractivity (Wildman–Crippen MR) is 71.7 cm³/mol. The smallest absolute Gasteiger partial charge is 0.298 e. The maximum Gasteiger partial charge on any atom is 0.298 e. The number of hydrogen-bond donors (Lipinski definition) is 1. The first kappa shape index (κ1) is 11.5. The lowest BCUT2D eigenvalue weighted by molar-refractivity contribution is 0.260. The number of fused-ring (bicyclic) bond motifs is 1. The van der Waals surface area contributed by atoms with Gasteiger partial charge in [-0.05, 0) is 12.1 Å². The van der Waals surface area contributed by atoms with Gasteiger partial charge < -0.3 is 15.1 Å². The van der Waals surface area contributed by atoms with E-state index in [0.29, 0.717) is 0 Å². The highest BCUT2D eigenvalue weighted by atomic mass is 16.4. The van der Waals surface area contributed by atoms with E-state index in [9.17, 15) is 0 Å². The third kappa shape index (κ3) is 2.19. The SMILES string of the molecule is NCCN1CCN(c2nc3ccccc3o2)CC1. The van der Waals surface area contributed by atoms with Gasteiger partial charge in [-0.25, -0.2) is 0 Å². The van der Waals surface area contributed by atoms with Crippen LogP contribution in [-0.2, 0) is 0 Å². The maximum atomic E-state index is 5.77. The van der Waals surface area contributed by atoms with Crippen LogP contribution in [0.25, 0.3) is 11.1 Å². The summed E-state index contributed by atoms with van der Waals surface area (Å²) in [6.45, 7) is 5.65. The van der Waals surface area contributed by atoms with Crippen LogP contribution in [0.1, 0.15) is 0 Å². The van der Waals surface area contributed by atoms with Gasteiger partial charge in [0, 0.05) is 39.3 Å². The van der Waals surface area contributed by atoms with Crippen LogP contribution in [-0.4, -0.2) is 49.2 Å². The summed E-state index contributed by atoms with van der Waals surface area (Å²) in [4.78, 5) is 9.10. The summed E-state index contributed by atoms with van der Waals surface area (Å²) < 4.78 is 5.77. The molecule has 0 aliphatic carbocycles. The second-order valence-electron chi connectivity index (χ2n) is 4.58. The third-order valence-corrected chi connectivity index (χ3v) is 3.37. The Bertz CT molecular complexity index is 483. The molecule has 1 aliphatic rings. The highest BCUT2D eigenvalue weighted by Crippen LogP contribution is 2.22. The van der Waals surface area contributed by atoms with E-state index in [4.69, 9.17) is 10.2 Å². The molecule has 2 aromatic rings. The molecule has 1 fully saturated rings. The Balaban J connectivity index is 1.72. The second kappa shape index (κ2) is 4.96. The van der Waals surface area contributed by atoms with Crippen molar-refractivity contribution in [3.8, 4) is 0 Å². The molecule has 0 spiro atoms.